The standard InChI is InChI=1S/C16H15NS/c1-12(2)11-17-13-7-3-5-9-15(13)18-16-10-6-4-8-14(16)17/h3-11H,1-2H3. The molecule has 0 aliphatic carbocycles. The lowest BCUT2D eigenvalue weighted by atomic mass is 10.2. The number of para-hydroxylation sites is 2. The summed E-state index contributed by atoms with van der Waals surface area (Å²) in [7, 11) is 0. The van der Waals surface area contributed by atoms with E-state index in [1.54, 1.807) is 0 Å². The fourth-order valence-electron chi connectivity index (χ4n) is 2.13. The number of hydrogen-bond donors (Lipinski definition) is 0. The van der Waals surface area contributed by atoms with Crippen LogP contribution in [0.25, 0.3) is 0 Å². The van der Waals surface area contributed by atoms with Gasteiger partial charge in [-0.25, -0.2) is 0 Å². The van der Waals surface area contributed by atoms with Crippen LogP contribution in [0.5, 0.6) is 0 Å². The van der Waals surface area contributed by atoms with Crippen LogP contribution in [0.3, 0.4) is 0 Å². The molecular weight excluding hydrogens is 238 g/mol. The zero-order valence-corrected chi connectivity index (χ0v) is 11.4. The molecule has 0 saturated heterocycles. The summed E-state index contributed by atoms with van der Waals surface area (Å²) in [5.41, 5.74) is 3.83. The molecule has 0 atom stereocenters. The Labute approximate surface area is 112 Å². The second-order valence-electron chi connectivity index (χ2n) is 4.61. The molecule has 0 amide bonds. The molecule has 1 heterocycles. The first kappa shape index (κ1) is 11.4. The van der Waals surface area contributed by atoms with E-state index in [4.69, 9.17) is 0 Å². The Balaban J connectivity index is 2.20. The van der Waals surface area contributed by atoms with Crippen molar-refractivity contribution in [3.8, 4) is 0 Å². The Morgan fingerprint density at radius 1 is 0.889 bits per heavy atom. The molecule has 90 valence electrons. The summed E-state index contributed by atoms with van der Waals surface area (Å²) in [6, 6.07) is 17.1. The highest BCUT2D eigenvalue weighted by atomic mass is 32.2. The average Bonchev–Trinajstić information content (AvgIpc) is 2.38. The van der Waals surface area contributed by atoms with Crippen LogP contribution in [0.15, 0.2) is 70.1 Å². The minimum absolute atomic E-state index is 1.27. The van der Waals surface area contributed by atoms with Crippen LogP contribution in [0.4, 0.5) is 11.4 Å². The summed E-state index contributed by atoms with van der Waals surface area (Å²) in [6.45, 7) is 4.26. The number of hydrogen-bond acceptors (Lipinski definition) is 2. The largest absolute Gasteiger partial charge is 0.315 e. The molecule has 3 rings (SSSR count). The van der Waals surface area contributed by atoms with E-state index >= 15 is 0 Å². The van der Waals surface area contributed by atoms with Crippen molar-refractivity contribution in [1.29, 1.82) is 0 Å². The number of nitrogens with zero attached hydrogens (tertiary/aromatic N) is 1. The van der Waals surface area contributed by atoms with Crippen LogP contribution in [-0.2, 0) is 0 Å². The van der Waals surface area contributed by atoms with Crippen molar-refractivity contribution in [3.05, 3.63) is 60.3 Å². The van der Waals surface area contributed by atoms with Crippen molar-refractivity contribution >= 4 is 23.1 Å². The predicted molar refractivity (Wildman–Crippen MR) is 78.6 cm³/mol. The van der Waals surface area contributed by atoms with Crippen molar-refractivity contribution in [2.24, 2.45) is 0 Å². The van der Waals surface area contributed by atoms with Crippen molar-refractivity contribution in [2.45, 2.75) is 23.6 Å². The predicted octanol–water partition coefficient (Wildman–Crippen LogP) is 5.21. The summed E-state index contributed by atoms with van der Waals surface area (Å²) in [6.07, 6.45) is 2.21. The summed E-state index contributed by atoms with van der Waals surface area (Å²) >= 11 is 1.84. The number of allylic oxidation sites excluding steroid dienone is 1. The van der Waals surface area contributed by atoms with Gasteiger partial charge in [-0.3, -0.25) is 0 Å². The first-order valence-electron chi connectivity index (χ1n) is 6.06. The lowest BCUT2D eigenvalue weighted by molar-refractivity contribution is 1.14. The minimum Gasteiger partial charge on any atom is -0.315 e. The second kappa shape index (κ2) is 4.54. The topological polar surface area (TPSA) is 3.24 Å². The monoisotopic (exact) mass is 253 g/mol. The average molecular weight is 253 g/mol. The summed E-state index contributed by atoms with van der Waals surface area (Å²) in [5.74, 6) is 0. The third-order valence-corrected chi connectivity index (χ3v) is 3.99. The van der Waals surface area contributed by atoms with E-state index in [0.717, 1.165) is 0 Å². The molecule has 18 heavy (non-hydrogen) atoms. The Hall–Kier alpha value is -1.67. The van der Waals surface area contributed by atoms with E-state index < -0.39 is 0 Å². The third kappa shape index (κ3) is 1.93. The number of rotatable bonds is 1. The Kier molecular flexibility index (Phi) is 2.88. The normalized spacial score (nSPS) is 12.7. The molecule has 0 spiro atoms. The molecule has 0 N–H and O–H groups in total. The van der Waals surface area contributed by atoms with Gasteiger partial charge < -0.3 is 4.90 Å². The molecule has 1 aliphatic heterocycles. The van der Waals surface area contributed by atoms with Crippen molar-refractivity contribution < 1.29 is 0 Å². The minimum atomic E-state index is 1.27. The maximum atomic E-state index is 2.29. The molecule has 2 aromatic carbocycles. The van der Waals surface area contributed by atoms with Gasteiger partial charge in [0, 0.05) is 16.0 Å². The van der Waals surface area contributed by atoms with Gasteiger partial charge in [0.1, 0.15) is 0 Å². The van der Waals surface area contributed by atoms with Crippen LogP contribution < -0.4 is 4.90 Å². The van der Waals surface area contributed by atoms with E-state index in [0.29, 0.717) is 0 Å². The lowest BCUT2D eigenvalue weighted by Crippen LogP contribution is -2.13. The molecule has 2 aromatic rings. The molecule has 2 heteroatoms. The van der Waals surface area contributed by atoms with Crippen molar-refractivity contribution in [2.75, 3.05) is 4.90 Å². The highest BCUT2D eigenvalue weighted by Crippen LogP contribution is 2.48. The van der Waals surface area contributed by atoms with Crippen molar-refractivity contribution in [3.63, 3.8) is 0 Å². The molecule has 1 nitrogen and oxygen atoms in total. The highest BCUT2D eigenvalue weighted by Gasteiger charge is 2.20. The molecule has 0 radical (unpaired) electrons. The summed E-state index contributed by atoms with van der Waals surface area (Å²) < 4.78 is 0. The van der Waals surface area contributed by atoms with Gasteiger partial charge in [-0.2, -0.15) is 0 Å². The van der Waals surface area contributed by atoms with E-state index in [2.05, 4.69) is 73.5 Å². The molecule has 0 fully saturated rings. The SMILES string of the molecule is CC(C)=CN1c2ccccc2Sc2ccccc21. The van der Waals surface area contributed by atoms with Gasteiger partial charge in [0.25, 0.3) is 0 Å². The first-order valence-corrected chi connectivity index (χ1v) is 6.87. The third-order valence-electron chi connectivity index (χ3n) is 2.86. The molecule has 0 bridgehead atoms. The fraction of sp³-hybridized carbons (Fsp3) is 0.125. The first-order chi connectivity index (χ1) is 8.75. The Morgan fingerprint density at radius 3 is 1.89 bits per heavy atom. The second-order valence-corrected chi connectivity index (χ2v) is 5.70. The van der Waals surface area contributed by atoms with E-state index in [1.807, 2.05) is 11.8 Å². The smallest absolute Gasteiger partial charge is 0.0595 e. The number of fused-ring (bicyclic) bond motifs is 2. The van der Waals surface area contributed by atoms with Crippen molar-refractivity contribution in [1.82, 2.24) is 0 Å². The van der Waals surface area contributed by atoms with E-state index in [-0.39, 0.29) is 0 Å². The fourth-order valence-corrected chi connectivity index (χ4v) is 3.20. The zero-order valence-electron chi connectivity index (χ0n) is 10.6. The van der Waals surface area contributed by atoms with E-state index in [9.17, 15) is 0 Å². The van der Waals surface area contributed by atoms with Crippen LogP contribution in [0.2, 0.25) is 0 Å². The van der Waals surface area contributed by atoms with Gasteiger partial charge in [0.05, 0.1) is 11.4 Å². The maximum Gasteiger partial charge on any atom is 0.0595 e. The van der Waals surface area contributed by atoms with Gasteiger partial charge in [0.15, 0.2) is 0 Å². The van der Waals surface area contributed by atoms with Gasteiger partial charge in [-0.15, -0.1) is 0 Å². The summed E-state index contributed by atoms with van der Waals surface area (Å²) in [4.78, 5) is 4.92. The lowest BCUT2D eigenvalue weighted by Gasteiger charge is -2.30. The van der Waals surface area contributed by atoms with Crippen LogP contribution in [0, 0.1) is 0 Å². The van der Waals surface area contributed by atoms with E-state index in [1.165, 1.54) is 26.7 Å². The van der Waals surface area contributed by atoms with Crippen LogP contribution in [0.1, 0.15) is 13.8 Å². The van der Waals surface area contributed by atoms with Gasteiger partial charge in [-0.05, 0) is 38.1 Å². The van der Waals surface area contributed by atoms with Gasteiger partial charge >= 0.3 is 0 Å². The molecule has 1 aliphatic rings. The molecule has 0 aromatic heterocycles. The highest BCUT2D eigenvalue weighted by molar-refractivity contribution is 7.99. The maximum absolute atomic E-state index is 2.29. The Bertz CT molecular complexity index is 566. The van der Waals surface area contributed by atoms with Crippen LogP contribution >= 0.6 is 11.8 Å². The van der Waals surface area contributed by atoms with Gasteiger partial charge in [-0.1, -0.05) is 41.6 Å². The Morgan fingerprint density at radius 2 is 1.39 bits per heavy atom. The zero-order chi connectivity index (χ0) is 12.5. The number of anilines is 2. The quantitative estimate of drug-likeness (QED) is 0.686. The van der Waals surface area contributed by atoms with Gasteiger partial charge in [0.2, 0.25) is 0 Å². The molecular formula is C16H15NS. The van der Waals surface area contributed by atoms with Crippen LogP contribution in [-0.4, -0.2) is 0 Å². The molecule has 0 unspecified atom stereocenters. The molecule has 0 saturated carbocycles. The summed E-state index contributed by atoms with van der Waals surface area (Å²) in [5, 5.41) is 0. The number of benzene rings is 2.